The number of ketones is 1. The van der Waals surface area contributed by atoms with Crippen molar-refractivity contribution in [3.05, 3.63) is 29.6 Å². The zero-order valence-electron chi connectivity index (χ0n) is 10.2. The predicted octanol–water partition coefficient (Wildman–Crippen LogP) is 0.349. The molecule has 0 saturated carbocycles. The van der Waals surface area contributed by atoms with Crippen LogP contribution in [0.5, 0.6) is 0 Å². The van der Waals surface area contributed by atoms with Crippen molar-refractivity contribution in [3.8, 4) is 0 Å². The second-order valence-electron chi connectivity index (χ2n) is 4.64. The number of sulfone groups is 1. The van der Waals surface area contributed by atoms with E-state index in [1.54, 1.807) is 12.3 Å². The number of nitrogens with one attached hydrogen (secondary N) is 1. The Morgan fingerprint density at radius 1 is 1.50 bits per heavy atom. The summed E-state index contributed by atoms with van der Waals surface area (Å²) in [4.78, 5) is 16.0. The molecular weight excluding hydrogens is 252 g/mol. The Morgan fingerprint density at radius 3 is 2.94 bits per heavy atom. The Kier molecular flexibility index (Phi) is 3.77. The number of carbonyl (C=O) groups excluding carboxylic acids is 1. The molecule has 0 radical (unpaired) electrons. The quantitative estimate of drug-likeness (QED) is 0.800. The Bertz CT molecular complexity index is 554. The van der Waals surface area contributed by atoms with Gasteiger partial charge in [-0.05, 0) is 18.6 Å². The van der Waals surface area contributed by atoms with E-state index in [-0.39, 0.29) is 29.8 Å². The molecule has 98 valence electrons. The zero-order chi connectivity index (χ0) is 13.2. The largest absolute Gasteiger partial charge is 0.312 e. The molecule has 6 heteroatoms. The highest BCUT2D eigenvalue weighted by molar-refractivity contribution is 7.91. The van der Waals surface area contributed by atoms with Crippen molar-refractivity contribution in [1.29, 1.82) is 0 Å². The van der Waals surface area contributed by atoms with Crippen molar-refractivity contribution in [1.82, 2.24) is 10.3 Å². The van der Waals surface area contributed by atoms with Crippen LogP contribution in [0.25, 0.3) is 0 Å². The first-order valence-corrected chi connectivity index (χ1v) is 7.67. The number of aryl methyl sites for hydroxylation is 1. The van der Waals surface area contributed by atoms with E-state index in [4.69, 9.17) is 0 Å². The number of carbonyl (C=O) groups is 1. The van der Waals surface area contributed by atoms with Gasteiger partial charge in [-0.2, -0.15) is 0 Å². The van der Waals surface area contributed by atoms with Crippen molar-refractivity contribution in [2.24, 2.45) is 0 Å². The highest BCUT2D eigenvalue weighted by Crippen LogP contribution is 2.10. The van der Waals surface area contributed by atoms with Gasteiger partial charge in [0.1, 0.15) is 0 Å². The van der Waals surface area contributed by atoms with Gasteiger partial charge in [-0.3, -0.25) is 9.78 Å². The van der Waals surface area contributed by atoms with Crippen LogP contribution in [-0.4, -0.2) is 43.3 Å². The number of nitrogens with zero attached hydrogens (tertiary/aromatic N) is 1. The van der Waals surface area contributed by atoms with Crippen molar-refractivity contribution in [3.63, 3.8) is 0 Å². The smallest absolute Gasteiger partial charge is 0.166 e. The molecule has 1 saturated heterocycles. The molecule has 0 amide bonds. The molecule has 0 aromatic carbocycles. The van der Waals surface area contributed by atoms with Gasteiger partial charge in [-0.25, -0.2) is 8.42 Å². The molecule has 5 nitrogen and oxygen atoms in total. The molecule has 18 heavy (non-hydrogen) atoms. The second-order valence-corrected chi connectivity index (χ2v) is 6.87. The topological polar surface area (TPSA) is 76.1 Å². The first-order valence-electron chi connectivity index (χ1n) is 5.85. The lowest BCUT2D eigenvalue weighted by Crippen LogP contribution is -2.46. The Labute approximate surface area is 107 Å². The number of Topliss-reactive ketones (excluding diaryl/α,β-unsaturated/α-hetero) is 1. The molecule has 1 aromatic heterocycles. The maximum absolute atomic E-state index is 12.0. The number of rotatable bonds is 3. The highest BCUT2D eigenvalue weighted by Gasteiger charge is 2.26. The van der Waals surface area contributed by atoms with Crippen molar-refractivity contribution in [2.45, 2.75) is 19.4 Å². The molecule has 1 fully saturated rings. The molecule has 0 bridgehead atoms. The monoisotopic (exact) mass is 268 g/mol. The molecule has 0 aliphatic carbocycles. The Balaban J connectivity index is 2.03. The van der Waals surface area contributed by atoms with E-state index in [0.29, 0.717) is 12.1 Å². The van der Waals surface area contributed by atoms with Crippen LogP contribution in [-0.2, 0) is 9.84 Å². The van der Waals surface area contributed by atoms with Crippen molar-refractivity contribution < 1.29 is 13.2 Å². The normalized spacial score (nSPS) is 22.6. The van der Waals surface area contributed by atoms with Crippen LogP contribution in [0.15, 0.2) is 18.5 Å². The lowest BCUT2D eigenvalue weighted by Gasteiger charge is -2.22. The van der Waals surface area contributed by atoms with Gasteiger partial charge in [0.2, 0.25) is 0 Å². The van der Waals surface area contributed by atoms with Crippen molar-refractivity contribution >= 4 is 15.6 Å². The predicted molar refractivity (Wildman–Crippen MR) is 68.4 cm³/mol. The number of hydrogen-bond acceptors (Lipinski definition) is 5. The molecule has 1 aliphatic rings. The van der Waals surface area contributed by atoms with E-state index < -0.39 is 9.84 Å². The van der Waals surface area contributed by atoms with Crippen molar-refractivity contribution in [2.75, 3.05) is 18.1 Å². The second kappa shape index (κ2) is 5.16. The van der Waals surface area contributed by atoms with Crippen LogP contribution in [0.3, 0.4) is 0 Å². The van der Waals surface area contributed by atoms with Gasteiger partial charge in [0.05, 0.1) is 11.5 Å². The van der Waals surface area contributed by atoms with Crippen LogP contribution in [0, 0.1) is 6.92 Å². The van der Waals surface area contributed by atoms with E-state index in [1.807, 2.05) is 6.92 Å². The summed E-state index contributed by atoms with van der Waals surface area (Å²) in [5.74, 6) is 0.127. The molecule has 2 heterocycles. The fourth-order valence-corrected chi connectivity index (χ4v) is 3.49. The summed E-state index contributed by atoms with van der Waals surface area (Å²) in [5.41, 5.74) is 1.46. The Hall–Kier alpha value is -1.27. The van der Waals surface area contributed by atoms with E-state index >= 15 is 0 Å². The maximum atomic E-state index is 12.0. The van der Waals surface area contributed by atoms with Crippen LogP contribution in [0.1, 0.15) is 22.3 Å². The van der Waals surface area contributed by atoms with Gasteiger partial charge >= 0.3 is 0 Å². The third-order valence-corrected chi connectivity index (χ3v) is 4.67. The highest BCUT2D eigenvalue weighted by atomic mass is 32.2. The average Bonchev–Trinajstić information content (AvgIpc) is 2.27. The van der Waals surface area contributed by atoms with Gasteiger partial charge in [-0.1, -0.05) is 0 Å². The van der Waals surface area contributed by atoms with E-state index in [0.717, 1.165) is 5.56 Å². The van der Waals surface area contributed by atoms with Crippen LogP contribution < -0.4 is 5.32 Å². The minimum Gasteiger partial charge on any atom is -0.312 e. The van der Waals surface area contributed by atoms with E-state index in [1.165, 1.54) is 6.20 Å². The van der Waals surface area contributed by atoms with Gasteiger partial charge < -0.3 is 5.32 Å². The third kappa shape index (κ3) is 3.36. The number of hydrogen-bond donors (Lipinski definition) is 1. The molecule has 1 aliphatic heterocycles. The molecule has 2 rings (SSSR count). The van der Waals surface area contributed by atoms with Gasteiger partial charge in [0, 0.05) is 37.0 Å². The molecular formula is C12H16N2O3S. The van der Waals surface area contributed by atoms with Gasteiger partial charge in [0.15, 0.2) is 15.6 Å². The Morgan fingerprint density at radius 2 is 2.28 bits per heavy atom. The molecule has 1 N–H and O–H groups in total. The number of aromatic nitrogens is 1. The fourth-order valence-electron chi connectivity index (χ4n) is 2.05. The van der Waals surface area contributed by atoms with Gasteiger partial charge in [-0.15, -0.1) is 0 Å². The van der Waals surface area contributed by atoms with E-state index in [2.05, 4.69) is 10.3 Å². The minimum absolute atomic E-state index is 0.0397. The van der Waals surface area contributed by atoms with Crippen LogP contribution in [0.2, 0.25) is 0 Å². The first-order chi connectivity index (χ1) is 8.46. The molecule has 0 spiro atoms. The summed E-state index contributed by atoms with van der Waals surface area (Å²) in [6.45, 7) is 2.29. The summed E-state index contributed by atoms with van der Waals surface area (Å²) in [6, 6.07) is 1.49. The third-order valence-electron chi connectivity index (χ3n) is 2.93. The summed E-state index contributed by atoms with van der Waals surface area (Å²) >= 11 is 0. The average molecular weight is 268 g/mol. The van der Waals surface area contributed by atoms with Gasteiger partial charge in [0.25, 0.3) is 0 Å². The minimum atomic E-state index is -3.00. The summed E-state index contributed by atoms with van der Waals surface area (Å²) < 4.78 is 22.9. The van der Waals surface area contributed by atoms with Crippen LogP contribution in [0.4, 0.5) is 0 Å². The van der Waals surface area contributed by atoms with E-state index in [9.17, 15) is 13.2 Å². The molecule has 1 atom stereocenters. The SMILES string of the molecule is Cc1cncc(C(=O)CC2CS(=O)(=O)CCN2)c1. The summed E-state index contributed by atoms with van der Waals surface area (Å²) in [7, 11) is -3.00. The fraction of sp³-hybridized carbons (Fsp3) is 0.500. The van der Waals surface area contributed by atoms with Crippen LogP contribution >= 0.6 is 0 Å². The lowest BCUT2D eigenvalue weighted by atomic mass is 10.1. The summed E-state index contributed by atoms with van der Waals surface area (Å²) in [5, 5.41) is 3.07. The maximum Gasteiger partial charge on any atom is 0.166 e. The lowest BCUT2D eigenvalue weighted by molar-refractivity contribution is 0.0971. The summed E-state index contributed by atoms with van der Waals surface area (Å²) in [6.07, 6.45) is 3.40. The number of pyridine rings is 1. The molecule has 1 unspecified atom stereocenters. The zero-order valence-corrected chi connectivity index (χ0v) is 11.0. The standard InChI is InChI=1S/C12H16N2O3S/c1-9-4-10(7-13-6-9)12(15)5-11-8-18(16,17)3-2-14-11/h4,6-7,11,14H,2-3,5,8H2,1H3. The first kappa shape index (κ1) is 13.2. The molecule has 1 aromatic rings.